The maximum Gasteiger partial charge on any atom is 0.0698 e. The van der Waals surface area contributed by atoms with E-state index in [0.717, 1.165) is 12.0 Å². The molecule has 0 amide bonds. The van der Waals surface area contributed by atoms with Crippen molar-refractivity contribution in [2.45, 2.75) is 13.3 Å². The minimum Gasteiger partial charge on any atom is -0.392 e. The lowest BCUT2D eigenvalue weighted by molar-refractivity contribution is 0.333. The van der Waals surface area contributed by atoms with E-state index in [1.54, 1.807) is 6.08 Å². The van der Waals surface area contributed by atoms with Crippen molar-refractivity contribution in [1.29, 1.82) is 0 Å². The maximum atomic E-state index is 8.88. The van der Waals surface area contributed by atoms with Gasteiger partial charge in [0.15, 0.2) is 0 Å². The Morgan fingerprint density at radius 1 is 1.64 bits per heavy atom. The van der Waals surface area contributed by atoms with Gasteiger partial charge in [0, 0.05) is 5.03 Å². The third-order valence-corrected chi connectivity index (χ3v) is 1.73. The van der Waals surface area contributed by atoms with Gasteiger partial charge in [0.05, 0.1) is 6.61 Å². The summed E-state index contributed by atoms with van der Waals surface area (Å²) >= 11 is 5.64. The fourth-order valence-electron chi connectivity index (χ4n) is 0.842. The standard InChI is InChI=1S/C9H13ClO/c1-4-8(5-2)9(6-11)7(3)10/h4,11H,1,3,5-6H2,2H3/b9-8+. The highest BCUT2D eigenvalue weighted by atomic mass is 35.5. The fraction of sp³-hybridized carbons (Fsp3) is 0.333. The third-order valence-electron chi connectivity index (χ3n) is 1.50. The maximum absolute atomic E-state index is 8.88. The van der Waals surface area contributed by atoms with E-state index in [4.69, 9.17) is 16.7 Å². The number of aliphatic hydroxyl groups excluding tert-OH is 1. The van der Waals surface area contributed by atoms with Crippen molar-refractivity contribution in [2.24, 2.45) is 0 Å². The highest BCUT2D eigenvalue weighted by molar-refractivity contribution is 6.31. The molecule has 0 heterocycles. The van der Waals surface area contributed by atoms with Gasteiger partial charge in [-0.25, -0.2) is 0 Å². The Hall–Kier alpha value is -0.530. The molecule has 0 aromatic carbocycles. The average Bonchev–Trinajstić information content (AvgIpc) is 1.99. The minimum atomic E-state index is -0.0719. The van der Waals surface area contributed by atoms with E-state index in [1.165, 1.54) is 0 Å². The molecule has 0 saturated carbocycles. The van der Waals surface area contributed by atoms with E-state index in [-0.39, 0.29) is 6.61 Å². The van der Waals surface area contributed by atoms with Crippen LogP contribution >= 0.6 is 11.6 Å². The van der Waals surface area contributed by atoms with Crippen molar-refractivity contribution in [2.75, 3.05) is 6.61 Å². The van der Waals surface area contributed by atoms with Gasteiger partial charge in [-0.2, -0.15) is 0 Å². The van der Waals surface area contributed by atoms with Crippen molar-refractivity contribution < 1.29 is 5.11 Å². The number of allylic oxidation sites excluding steroid dienone is 2. The second kappa shape index (κ2) is 5.16. The summed E-state index contributed by atoms with van der Waals surface area (Å²) < 4.78 is 0. The van der Waals surface area contributed by atoms with Crippen molar-refractivity contribution >= 4 is 11.6 Å². The Bertz CT molecular complexity index is 192. The van der Waals surface area contributed by atoms with Gasteiger partial charge in [-0.1, -0.05) is 37.8 Å². The van der Waals surface area contributed by atoms with Crippen LogP contribution in [-0.4, -0.2) is 11.7 Å². The predicted molar refractivity (Wildman–Crippen MR) is 49.6 cm³/mol. The topological polar surface area (TPSA) is 20.2 Å². The molecule has 11 heavy (non-hydrogen) atoms. The van der Waals surface area contributed by atoms with E-state index in [9.17, 15) is 0 Å². The smallest absolute Gasteiger partial charge is 0.0698 e. The van der Waals surface area contributed by atoms with Gasteiger partial charge in [-0.05, 0) is 17.6 Å². The van der Waals surface area contributed by atoms with Crippen LogP contribution in [0.3, 0.4) is 0 Å². The number of rotatable bonds is 4. The van der Waals surface area contributed by atoms with E-state index in [2.05, 4.69) is 13.2 Å². The largest absolute Gasteiger partial charge is 0.392 e. The number of halogens is 1. The quantitative estimate of drug-likeness (QED) is 0.647. The first-order valence-corrected chi connectivity index (χ1v) is 3.85. The molecule has 0 aromatic rings. The Balaban J connectivity index is 4.76. The molecule has 0 spiro atoms. The first-order valence-electron chi connectivity index (χ1n) is 3.47. The van der Waals surface area contributed by atoms with Gasteiger partial charge in [-0.3, -0.25) is 0 Å². The zero-order valence-corrected chi connectivity index (χ0v) is 7.49. The van der Waals surface area contributed by atoms with E-state index < -0.39 is 0 Å². The summed E-state index contributed by atoms with van der Waals surface area (Å²) in [6.07, 6.45) is 2.50. The lowest BCUT2D eigenvalue weighted by atomic mass is 10.1. The fourth-order valence-corrected chi connectivity index (χ4v) is 1.02. The highest BCUT2D eigenvalue weighted by Gasteiger charge is 2.02. The molecule has 2 heteroatoms. The molecule has 1 N–H and O–H groups in total. The summed E-state index contributed by atoms with van der Waals surface area (Å²) in [5.74, 6) is 0. The summed E-state index contributed by atoms with van der Waals surface area (Å²) in [6.45, 7) is 9.06. The SMILES string of the molecule is C=C/C(CC)=C(/CO)C(=C)Cl. The second-order valence-electron chi connectivity index (χ2n) is 2.12. The predicted octanol–water partition coefficient (Wildman–Crippen LogP) is 2.62. The van der Waals surface area contributed by atoms with Gasteiger partial charge in [-0.15, -0.1) is 0 Å². The molecule has 0 aliphatic heterocycles. The van der Waals surface area contributed by atoms with Crippen LogP contribution in [0.4, 0.5) is 0 Å². The zero-order valence-electron chi connectivity index (χ0n) is 6.73. The van der Waals surface area contributed by atoms with Crippen molar-refractivity contribution in [3.8, 4) is 0 Å². The summed E-state index contributed by atoms with van der Waals surface area (Å²) in [5, 5.41) is 9.27. The lowest BCUT2D eigenvalue weighted by Gasteiger charge is -2.05. The summed E-state index contributed by atoms with van der Waals surface area (Å²) in [6, 6.07) is 0. The van der Waals surface area contributed by atoms with Crippen LogP contribution in [-0.2, 0) is 0 Å². The van der Waals surface area contributed by atoms with Crippen LogP contribution in [0.1, 0.15) is 13.3 Å². The Kier molecular flexibility index (Phi) is 4.92. The van der Waals surface area contributed by atoms with Crippen molar-refractivity contribution in [1.82, 2.24) is 0 Å². The number of hydrogen-bond acceptors (Lipinski definition) is 1. The third kappa shape index (κ3) is 2.91. The zero-order chi connectivity index (χ0) is 8.85. The van der Waals surface area contributed by atoms with Crippen LogP contribution in [0.15, 0.2) is 35.4 Å². The van der Waals surface area contributed by atoms with Gasteiger partial charge < -0.3 is 5.11 Å². The van der Waals surface area contributed by atoms with Gasteiger partial charge in [0.2, 0.25) is 0 Å². The van der Waals surface area contributed by atoms with E-state index in [0.29, 0.717) is 10.6 Å². The van der Waals surface area contributed by atoms with Gasteiger partial charge in [0.1, 0.15) is 0 Å². The summed E-state index contributed by atoms with van der Waals surface area (Å²) in [5.41, 5.74) is 1.64. The molecule has 0 atom stereocenters. The van der Waals surface area contributed by atoms with Crippen LogP contribution in [0.5, 0.6) is 0 Å². The molecule has 0 rings (SSSR count). The van der Waals surface area contributed by atoms with E-state index in [1.807, 2.05) is 6.92 Å². The first kappa shape index (κ1) is 10.5. The number of hydrogen-bond donors (Lipinski definition) is 1. The molecular weight excluding hydrogens is 160 g/mol. The molecule has 0 fully saturated rings. The average molecular weight is 173 g/mol. The molecular formula is C9H13ClO. The first-order chi connectivity index (χ1) is 5.17. The van der Waals surface area contributed by atoms with Gasteiger partial charge in [0.25, 0.3) is 0 Å². The molecule has 1 nitrogen and oxygen atoms in total. The van der Waals surface area contributed by atoms with Gasteiger partial charge >= 0.3 is 0 Å². The lowest BCUT2D eigenvalue weighted by Crippen LogP contribution is -1.94. The molecule has 0 radical (unpaired) electrons. The number of aliphatic hydroxyl groups is 1. The second-order valence-corrected chi connectivity index (χ2v) is 2.58. The monoisotopic (exact) mass is 172 g/mol. The highest BCUT2D eigenvalue weighted by Crippen LogP contribution is 2.18. The summed E-state index contributed by atoms with van der Waals surface area (Å²) in [7, 11) is 0. The molecule has 62 valence electrons. The molecule has 0 aromatic heterocycles. The molecule has 0 aliphatic carbocycles. The normalized spacial score (nSPS) is 12.3. The van der Waals surface area contributed by atoms with Crippen LogP contribution in [0, 0.1) is 0 Å². The van der Waals surface area contributed by atoms with Crippen LogP contribution in [0.25, 0.3) is 0 Å². The Morgan fingerprint density at radius 2 is 2.18 bits per heavy atom. The van der Waals surface area contributed by atoms with Crippen LogP contribution < -0.4 is 0 Å². The van der Waals surface area contributed by atoms with Crippen molar-refractivity contribution in [3.63, 3.8) is 0 Å². The Labute approximate surface area is 72.7 Å². The molecule has 0 saturated heterocycles. The summed E-state index contributed by atoms with van der Waals surface area (Å²) in [4.78, 5) is 0. The molecule has 0 unspecified atom stereocenters. The Morgan fingerprint density at radius 3 is 2.27 bits per heavy atom. The van der Waals surface area contributed by atoms with E-state index >= 15 is 0 Å². The van der Waals surface area contributed by atoms with Crippen molar-refractivity contribution in [3.05, 3.63) is 35.4 Å². The van der Waals surface area contributed by atoms with Crippen LogP contribution in [0.2, 0.25) is 0 Å². The minimum absolute atomic E-state index is 0.0719. The molecule has 0 bridgehead atoms. The molecule has 0 aliphatic rings.